The summed E-state index contributed by atoms with van der Waals surface area (Å²) in [5.74, 6) is 1.41. The molecule has 3 rings (SSSR count). The number of halogens is 3. The summed E-state index contributed by atoms with van der Waals surface area (Å²) in [6.07, 6.45) is 0.667. The van der Waals surface area contributed by atoms with Crippen LogP contribution in [-0.4, -0.2) is 23.1 Å². The van der Waals surface area contributed by atoms with Gasteiger partial charge in [-0.15, -0.1) is 0 Å². The number of rotatable bonds is 3. The molecule has 2 heterocycles. The van der Waals surface area contributed by atoms with E-state index >= 15 is 0 Å². The minimum atomic E-state index is -4.32. The number of nitrogens with zero attached hydrogens (tertiary/aromatic N) is 3. The van der Waals surface area contributed by atoms with Crippen LogP contribution in [0.25, 0.3) is 0 Å². The molecule has 0 unspecified atom stereocenters. The van der Waals surface area contributed by atoms with Crippen molar-refractivity contribution in [1.82, 2.24) is 9.97 Å². The maximum Gasteiger partial charge on any atom is 0.416 e. The summed E-state index contributed by atoms with van der Waals surface area (Å²) in [6.45, 7) is 1.94. The zero-order valence-electron chi connectivity index (χ0n) is 12.5. The number of nitrogens with one attached hydrogen (secondary N) is 1. The van der Waals surface area contributed by atoms with Crippen molar-refractivity contribution in [2.45, 2.75) is 25.4 Å². The molecule has 23 heavy (non-hydrogen) atoms. The van der Waals surface area contributed by atoms with Gasteiger partial charge in [0.15, 0.2) is 0 Å². The summed E-state index contributed by atoms with van der Waals surface area (Å²) in [5.41, 5.74) is -0.110. The molecule has 0 atom stereocenters. The van der Waals surface area contributed by atoms with Gasteiger partial charge in [0.05, 0.1) is 5.56 Å². The van der Waals surface area contributed by atoms with Crippen LogP contribution in [0.5, 0.6) is 0 Å². The number of hydrogen-bond donors (Lipinski definition) is 1. The van der Waals surface area contributed by atoms with Crippen molar-refractivity contribution in [3.63, 3.8) is 0 Å². The molecule has 1 aromatic heterocycles. The average molecular weight is 322 g/mol. The van der Waals surface area contributed by atoms with Crippen LogP contribution in [0.3, 0.4) is 0 Å². The van der Waals surface area contributed by atoms with Crippen LogP contribution in [0, 0.1) is 0 Å². The van der Waals surface area contributed by atoms with Crippen molar-refractivity contribution in [3.8, 4) is 0 Å². The van der Waals surface area contributed by atoms with Crippen LogP contribution in [0.15, 0.2) is 36.7 Å². The van der Waals surface area contributed by atoms with E-state index in [0.29, 0.717) is 11.5 Å². The zero-order valence-corrected chi connectivity index (χ0v) is 12.5. The topological polar surface area (TPSA) is 41.0 Å². The largest absolute Gasteiger partial charge is 0.416 e. The number of aromatic nitrogens is 2. The maximum absolute atomic E-state index is 12.6. The fourth-order valence-electron chi connectivity index (χ4n) is 2.60. The fraction of sp³-hybridized carbons (Fsp3) is 0.375. The van der Waals surface area contributed by atoms with E-state index in [1.54, 1.807) is 0 Å². The highest BCUT2D eigenvalue weighted by molar-refractivity contribution is 5.59. The Kier molecular flexibility index (Phi) is 4.36. The molecule has 2 aromatic rings. The summed E-state index contributed by atoms with van der Waals surface area (Å²) < 4.78 is 37.7. The molecule has 7 heteroatoms. The van der Waals surface area contributed by atoms with Gasteiger partial charge < -0.3 is 10.2 Å². The van der Waals surface area contributed by atoms with E-state index in [1.165, 1.54) is 24.9 Å². The van der Waals surface area contributed by atoms with Crippen LogP contribution in [0.2, 0.25) is 0 Å². The molecule has 4 nitrogen and oxygen atoms in total. The lowest BCUT2D eigenvalue weighted by Gasteiger charge is -2.27. The van der Waals surface area contributed by atoms with E-state index in [4.69, 9.17) is 0 Å². The fourth-order valence-corrected chi connectivity index (χ4v) is 2.60. The summed E-state index contributed by atoms with van der Waals surface area (Å²) >= 11 is 0. The smallest absolute Gasteiger partial charge is 0.356 e. The second-order valence-corrected chi connectivity index (χ2v) is 5.51. The summed E-state index contributed by atoms with van der Waals surface area (Å²) in [4.78, 5) is 10.6. The molecule has 1 fully saturated rings. The molecule has 0 saturated carbocycles. The van der Waals surface area contributed by atoms with Gasteiger partial charge in [-0.1, -0.05) is 0 Å². The molecule has 0 aliphatic carbocycles. The predicted octanol–water partition coefficient (Wildman–Crippen LogP) is 4.23. The first-order valence-corrected chi connectivity index (χ1v) is 7.54. The molecule has 1 N–H and O–H groups in total. The van der Waals surface area contributed by atoms with Gasteiger partial charge in [-0.05, 0) is 43.5 Å². The third kappa shape index (κ3) is 3.91. The standard InChI is InChI=1S/C16H17F3N4/c17-16(18,19)12-4-6-13(7-5-12)22-14-10-15(21-11-20-14)23-8-2-1-3-9-23/h4-7,10-11H,1-3,8-9H2,(H,20,21,22). The van der Waals surface area contributed by atoms with Gasteiger partial charge in [-0.25, -0.2) is 9.97 Å². The Balaban J connectivity index is 1.72. The quantitative estimate of drug-likeness (QED) is 0.918. The summed E-state index contributed by atoms with van der Waals surface area (Å²) in [6, 6.07) is 6.71. The molecular weight excluding hydrogens is 305 g/mol. The van der Waals surface area contributed by atoms with E-state index in [2.05, 4.69) is 20.2 Å². The molecule has 122 valence electrons. The second kappa shape index (κ2) is 6.44. The van der Waals surface area contributed by atoms with E-state index < -0.39 is 11.7 Å². The van der Waals surface area contributed by atoms with Gasteiger partial charge >= 0.3 is 6.18 Å². The van der Waals surface area contributed by atoms with Crippen molar-refractivity contribution in [2.24, 2.45) is 0 Å². The van der Waals surface area contributed by atoms with Crippen molar-refractivity contribution in [3.05, 3.63) is 42.2 Å². The molecule has 1 aliphatic heterocycles. The number of alkyl halides is 3. The lowest BCUT2D eigenvalue weighted by Crippen LogP contribution is -2.30. The number of piperidine rings is 1. The predicted molar refractivity (Wildman–Crippen MR) is 82.8 cm³/mol. The summed E-state index contributed by atoms with van der Waals surface area (Å²) in [5, 5.41) is 3.02. The van der Waals surface area contributed by atoms with Crippen molar-refractivity contribution < 1.29 is 13.2 Å². The highest BCUT2D eigenvalue weighted by atomic mass is 19.4. The SMILES string of the molecule is FC(F)(F)c1ccc(Nc2cc(N3CCCCC3)ncn2)cc1. The van der Waals surface area contributed by atoms with Crippen LogP contribution >= 0.6 is 0 Å². The highest BCUT2D eigenvalue weighted by Gasteiger charge is 2.29. The third-order valence-corrected chi connectivity index (χ3v) is 3.82. The Labute approximate surface area is 132 Å². The summed E-state index contributed by atoms with van der Waals surface area (Å²) in [7, 11) is 0. The molecule has 1 aliphatic rings. The van der Waals surface area contributed by atoms with Gasteiger partial charge in [-0.3, -0.25) is 0 Å². The molecule has 0 amide bonds. The van der Waals surface area contributed by atoms with Gasteiger partial charge in [0.2, 0.25) is 0 Å². The van der Waals surface area contributed by atoms with E-state index in [9.17, 15) is 13.2 Å². The Morgan fingerprint density at radius 2 is 1.65 bits per heavy atom. The second-order valence-electron chi connectivity index (χ2n) is 5.51. The molecule has 0 radical (unpaired) electrons. The van der Waals surface area contributed by atoms with E-state index in [0.717, 1.165) is 43.9 Å². The first-order chi connectivity index (χ1) is 11.0. The van der Waals surface area contributed by atoms with Gasteiger partial charge in [0.1, 0.15) is 18.0 Å². The van der Waals surface area contributed by atoms with Crippen LogP contribution in [0.1, 0.15) is 24.8 Å². The van der Waals surface area contributed by atoms with E-state index in [-0.39, 0.29) is 0 Å². The van der Waals surface area contributed by atoms with E-state index in [1.807, 2.05) is 6.07 Å². The first kappa shape index (κ1) is 15.6. The Hall–Kier alpha value is -2.31. The normalized spacial score (nSPS) is 15.5. The Morgan fingerprint density at radius 1 is 0.957 bits per heavy atom. The van der Waals surface area contributed by atoms with Crippen LogP contribution < -0.4 is 10.2 Å². The number of anilines is 3. The molecule has 0 spiro atoms. The number of hydrogen-bond acceptors (Lipinski definition) is 4. The van der Waals surface area contributed by atoms with Crippen LogP contribution in [-0.2, 0) is 6.18 Å². The molecule has 1 aromatic carbocycles. The minimum absolute atomic E-state index is 0.557. The van der Waals surface area contributed by atoms with Crippen molar-refractivity contribution >= 4 is 17.3 Å². The van der Waals surface area contributed by atoms with Gasteiger partial charge in [0.25, 0.3) is 0 Å². The third-order valence-electron chi connectivity index (χ3n) is 3.82. The van der Waals surface area contributed by atoms with Crippen molar-refractivity contribution in [2.75, 3.05) is 23.3 Å². The highest BCUT2D eigenvalue weighted by Crippen LogP contribution is 2.30. The monoisotopic (exact) mass is 322 g/mol. The Bertz CT molecular complexity index is 649. The molecular formula is C16H17F3N4. The average Bonchev–Trinajstić information content (AvgIpc) is 2.56. The maximum atomic E-state index is 12.6. The lowest BCUT2D eigenvalue weighted by molar-refractivity contribution is -0.137. The molecule has 0 bridgehead atoms. The first-order valence-electron chi connectivity index (χ1n) is 7.54. The van der Waals surface area contributed by atoms with Crippen molar-refractivity contribution in [1.29, 1.82) is 0 Å². The lowest BCUT2D eigenvalue weighted by atomic mass is 10.1. The van der Waals surface area contributed by atoms with Gasteiger partial charge in [0, 0.05) is 24.8 Å². The van der Waals surface area contributed by atoms with Gasteiger partial charge in [-0.2, -0.15) is 13.2 Å². The minimum Gasteiger partial charge on any atom is -0.356 e. The number of benzene rings is 1. The zero-order chi connectivity index (χ0) is 16.3. The molecule has 1 saturated heterocycles. The van der Waals surface area contributed by atoms with Crippen LogP contribution in [0.4, 0.5) is 30.5 Å². The Morgan fingerprint density at radius 3 is 2.30 bits per heavy atom.